The smallest absolute Gasteiger partial charge is 0.123 e. The number of aryl methyl sites for hydroxylation is 1. The van der Waals surface area contributed by atoms with Gasteiger partial charge in [-0.15, -0.1) is 17.9 Å². The zero-order valence-electron chi connectivity index (χ0n) is 29.5. The summed E-state index contributed by atoms with van der Waals surface area (Å²) in [5.41, 5.74) is 9.25. The average molecular weight is 656 g/mol. The second kappa shape index (κ2) is 15.3. The molecule has 1 saturated heterocycles. The van der Waals surface area contributed by atoms with Gasteiger partial charge in [0.05, 0.1) is 40.1 Å². The lowest BCUT2D eigenvalue weighted by atomic mass is 9.80. The number of allylic oxidation sites excluding steroid dienone is 1. The van der Waals surface area contributed by atoms with E-state index in [4.69, 9.17) is 14.7 Å². The highest BCUT2D eigenvalue weighted by Gasteiger charge is 2.29. The van der Waals surface area contributed by atoms with Crippen molar-refractivity contribution in [3.8, 4) is 22.5 Å². The van der Waals surface area contributed by atoms with E-state index in [1.807, 2.05) is 12.3 Å². The molecule has 0 aliphatic carbocycles. The zero-order valence-corrected chi connectivity index (χ0v) is 30.3. The first-order valence-corrected chi connectivity index (χ1v) is 18.1. The second-order valence-electron chi connectivity index (χ2n) is 13.9. The standard InChI is InChI=1S/C39H53N5O2S/c1-9-12-15-39(5,6)23-33-31-21-29(34-26-47-36(41-34)20-28(10-2)25-45)13-14-35(31)44(11-3)38(33)32-22-30(24-40-37(32)27(4)46-8)43-18-16-42(7)17-19-43/h9,13-14,21-22,24-28H,1,10-12,15-20,23H2,2-8H3. The Morgan fingerprint density at radius 3 is 2.57 bits per heavy atom. The molecule has 1 aliphatic heterocycles. The molecule has 47 heavy (non-hydrogen) atoms. The summed E-state index contributed by atoms with van der Waals surface area (Å²) in [6.45, 7) is 20.1. The van der Waals surface area contributed by atoms with E-state index >= 15 is 0 Å². The average Bonchev–Trinajstić information content (AvgIpc) is 3.67. The summed E-state index contributed by atoms with van der Waals surface area (Å²) in [6, 6.07) is 9.19. The molecule has 2 unspecified atom stereocenters. The van der Waals surface area contributed by atoms with Crippen LogP contribution < -0.4 is 4.90 Å². The molecule has 0 spiro atoms. The minimum absolute atomic E-state index is 0.0148. The highest BCUT2D eigenvalue weighted by Crippen LogP contribution is 2.43. The Bertz CT molecular complexity index is 1680. The molecule has 1 aliphatic rings. The first-order valence-electron chi connectivity index (χ1n) is 17.3. The number of piperazine rings is 1. The van der Waals surface area contributed by atoms with Crippen LogP contribution in [0, 0.1) is 11.3 Å². The molecule has 7 nitrogen and oxygen atoms in total. The van der Waals surface area contributed by atoms with Crippen LogP contribution in [0.25, 0.3) is 33.4 Å². The second-order valence-corrected chi connectivity index (χ2v) is 14.8. The predicted molar refractivity (Wildman–Crippen MR) is 198 cm³/mol. The molecule has 1 fully saturated rings. The van der Waals surface area contributed by atoms with Gasteiger partial charge < -0.3 is 23.9 Å². The molecule has 4 heterocycles. The molecular formula is C39H53N5O2S. The molecule has 4 aromatic rings. The quantitative estimate of drug-likeness (QED) is 0.0944. The summed E-state index contributed by atoms with van der Waals surface area (Å²) in [5.74, 6) is 0.0148. The van der Waals surface area contributed by atoms with Crippen molar-refractivity contribution in [3.63, 3.8) is 0 Å². The number of benzene rings is 1. The van der Waals surface area contributed by atoms with Crippen molar-refractivity contribution >= 4 is 34.2 Å². The van der Waals surface area contributed by atoms with Crippen molar-refractivity contribution in [1.29, 1.82) is 0 Å². The molecule has 252 valence electrons. The lowest BCUT2D eigenvalue weighted by Crippen LogP contribution is -2.44. The number of carbonyl (C=O) groups is 1. The van der Waals surface area contributed by atoms with Crippen molar-refractivity contribution in [2.75, 3.05) is 45.2 Å². The number of thiazole rings is 1. The van der Waals surface area contributed by atoms with Gasteiger partial charge in [-0.3, -0.25) is 4.98 Å². The summed E-state index contributed by atoms with van der Waals surface area (Å²) in [5, 5.41) is 4.42. The molecule has 8 heteroatoms. The number of ether oxygens (including phenoxy) is 1. The number of aldehydes is 1. The van der Waals surface area contributed by atoms with E-state index in [2.05, 4.69) is 92.3 Å². The maximum atomic E-state index is 11.5. The number of nitrogens with zero attached hydrogens (tertiary/aromatic N) is 5. The molecule has 0 bridgehead atoms. The molecule has 3 aromatic heterocycles. The Kier molecular flexibility index (Phi) is 11.4. The molecule has 5 rings (SSSR count). The molecule has 2 atom stereocenters. The van der Waals surface area contributed by atoms with Crippen LogP contribution in [0.3, 0.4) is 0 Å². The van der Waals surface area contributed by atoms with Crippen LogP contribution in [0.1, 0.15) is 76.3 Å². The lowest BCUT2D eigenvalue weighted by Gasteiger charge is -2.34. The molecule has 0 amide bonds. The zero-order chi connectivity index (χ0) is 33.7. The summed E-state index contributed by atoms with van der Waals surface area (Å²) in [4.78, 5) is 26.5. The Labute approximate surface area is 285 Å². The number of likely N-dealkylation sites (N-methyl/N-ethyl adjacent to an activating group) is 1. The topological polar surface area (TPSA) is 63.5 Å². The van der Waals surface area contributed by atoms with Crippen LogP contribution >= 0.6 is 11.3 Å². The Morgan fingerprint density at radius 2 is 1.91 bits per heavy atom. The van der Waals surface area contributed by atoms with Gasteiger partial charge in [-0.1, -0.05) is 32.9 Å². The van der Waals surface area contributed by atoms with E-state index in [-0.39, 0.29) is 17.4 Å². The third-order valence-corrected chi connectivity index (χ3v) is 10.8. The van der Waals surface area contributed by atoms with E-state index < -0.39 is 0 Å². The van der Waals surface area contributed by atoms with Crippen LogP contribution in [0.2, 0.25) is 0 Å². The van der Waals surface area contributed by atoms with E-state index in [9.17, 15) is 4.79 Å². The van der Waals surface area contributed by atoms with Crippen LogP contribution in [0.5, 0.6) is 0 Å². The monoisotopic (exact) mass is 655 g/mol. The Hall–Kier alpha value is -3.33. The van der Waals surface area contributed by atoms with Crippen LogP contribution in [-0.4, -0.2) is 66.1 Å². The van der Waals surface area contributed by atoms with Gasteiger partial charge in [0.1, 0.15) is 6.29 Å². The molecule has 0 saturated carbocycles. The summed E-state index contributed by atoms with van der Waals surface area (Å²) < 4.78 is 8.41. The van der Waals surface area contributed by atoms with Crippen molar-refractivity contribution in [1.82, 2.24) is 19.4 Å². The fourth-order valence-electron chi connectivity index (χ4n) is 6.84. The fourth-order valence-corrected chi connectivity index (χ4v) is 7.73. The van der Waals surface area contributed by atoms with Gasteiger partial charge in [0.2, 0.25) is 0 Å². The van der Waals surface area contributed by atoms with Gasteiger partial charge in [0, 0.05) is 79.6 Å². The summed E-state index contributed by atoms with van der Waals surface area (Å²) in [7, 11) is 3.96. The Morgan fingerprint density at radius 1 is 1.15 bits per heavy atom. The van der Waals surface area contributed by atoms with E-state index in [1.54, 1.807) is 18.4 Å². The number of rotatable bonds is 15. The van der Waals surface area contributed by atoms with Crippen molar-refractivity contribution in [2.24, 2.45) is 11.3 Å². The van der Waals surface area contributed by atoms with Gasteiger partial charge in [-0.05, 0) is 75.8 Å². The van der Waals surface area contributed by atoms with Gasteiger partial charge in [-0.25, -0.2) is 4.98 Å². The maximum absolute atomic E-state index is 11.5. The van der Waals surface area contributed by atoms with Crippen molar-refractivity contribution in [2.45, 2.75) is 79.4 Å². The molecular weight excluding hydrogens is 603 g/mol. The third kappa shape index (κ3) is 7.71. The molecule has 0 N–H and O–H groups in total. The minimum Gasteiger partial charge on any atom is -0.375 e. The van der Waals surface area contributed by atoms with Gasteiger partial charge in [0.15, 0.2) is 0 Å². The van der Waals surface area contributed by atoms with E-state index in [0.717, 1.165) is 92.2 Å². The summed E-state index contributed by atoms with van der Waals surface area (Å²) >= 11 is 1.65. The normalized spacial score (nSPS) is 15.7. The highest BCUT2D eigenvalue weighted by molar-refractivity contribution is 7.10. The minimum atomic E-state index is -0.154. The van der Waals surface area contributed by atoms with Gasteiger partial charge in [-0.2, -0.15) is 0 Å². The highest BCUT2D eigenvalue weighted by atomic mass is 32.1. The SMILES string of the molecule is C=CCCC(C)(C)Cc1c(-c2cc(N3CCN(C)CC3)cnc2C(C)OC)n(CC)c2ccc(-c3csc(CC(C=O)CC)n3)cc12. The van der Waals surface area contributed by atoms with Crippen molar-refractivity contribution < 1.29 is 9.53 Å². The molecule has 1 aromatic carbocycles. The molecule has 0 radical (unpaired) electrons. The number of hydrogen-bond donors (Lipinski definition) is 0. The van der Waals surface area contributed by atoms with Crippen molar-refractivity contribution in [3.05, 3.63) is 64.8 Å². The van der Waals surface area contributed by atoms with Crippen LogP contribution in [-0.2, 0) is 28.9 Å². The number of carbonyl (C=O) groups excluding carboxylic acids is 1. The fraction of sp³-hybridized carbons (Fsp3) is 0.513. The third-order valence-electron chi connectivity index (χ3n) is 9.93. The largest absolute Gasteiger partial charge is 0.375 e. The maximum Gasteiger partial charge on any atom is 0.123 e. The number of fused-ring (bicyclic) bond motifs is 1. The van der Waals surface area contributed by atoms with E-state index in [1.165, 1.54) is 27.8 Å². The number of anilines is 1. The lowest BCUT2D eigenvalue weighted by molar-refractivity contribution is -0.111. The number of methoxy groups -OCH3 is 1. The number of pyridine rings is 1. The number of hydrogen-bond acceptors (Lipinski definition) is 7. The Balaban J connectivity index is 1.71. The van der Waals surface area contributed by atoms with Crippen LogP contribution in [0.4, 0.5) is 5.69 Å². The van der Waals surface area contributed by atoms with Gasteiger partial charge in [0.25, 0.3) is 0 Å². The first kappa shape index (κ1) is 35.0. The van der Waals surface area contributed by atoms with E-state index in [0.29, 0.717) is 6.42 Å². The first-order chi connectivity index (χ1) is 22.6. The van der Waals surface area contributed by atoms with Gasteiger partial charge >= 0.3 is 0 Å². The van der Waals surface area contributed by atoms with Crippen LogP contribution in [0.15, 0.2) is 48.5 Å². The predicted octanol–water partition coefficient (Wildman–Crippen LogP) is 8.61. The number of aromatic nitrogens is 3. The summed E-state index contributed by atoms with van der Waals surface area (Å²) in [6.07, 6.45) is 9.47.